The molecule has 23 heavy (non-hydrogen) atoms. The zero-order valence-corrected chi connectivity index (χ0v) is 13.4. The quantitative estimate of drug-likeness (QED) is 0.803. The second-order valence-electron chi connectivity index (χ2n) is 6.06. The topological polar surface area (TPSA) is 55.6 Å². The zero-order valence-electron chi connectivity index (χ0n) is 12.7. The summed E-state index contributed by atoms with van der Waals surface area (Å²) in [7, 11) is 0. The van der Waals surface area contributed by atoms with Gasteiger partial charge >= 0.3 is 0 Å². The molecule has 0 bridgehead atoms. The van der Waals surface area contributed by atoms with Crippen LogP contribution >= 0.6 is 11.6 Å². The van der Waals surface area contributed by atoms with Crippen molar-refractivity contribution < 1.29 is 0 Å². The molecule has 2 atom stereocenters. The summed E-state index contributed by atoms with van der Waals surface area (Å²) < 4.78 is 0. The van der Waals surface area contributed by atoms with Gasteiger partial charge in [-0.1, -0.05) is 29.8 Å². The summed E-state index contributed by atoms with van der Waals surface area (Å²) in [6.45, 7) is 2.06. The van der Waals surface area contributed by atoms with Crippen molar-refractivity contribution in [3.05, 3.63) is 53.3 Å². The molecule has 1 N–H and O–H groups in total. The van der Waals surface area contributed by atoms with Crippen LogP contribution in [0.15, 0.2) is 42.7 Å². The minimum Gasteiger partial charge on any atom is -0.316 e. The summed E-state index contributed by atoms with van der Waals surface area (Å²) in [4.78, 5) is 1.74. The van der Waals surface area contributed by atoms with Crippen LogP contribution in [0.25, 0.3) is 10.8 Å². The number of piperidine rings is 1. The molecule has 0 amide bonds. The lowest BCUT2D eigenvalue weighted by molar-refractivity contribution is 0.261. The number of hydrogen-bond acceptors (Lipinski definition) is 4. The Balaban J connectivity index is 1.77. The van der Waals surface area contributed by atoms with Crippen LogP contribution in [0.2, 0.25) is 5.02 Å². The van der Waals surface area contributed by atoms with Crippen LogP contribution in [0.4, 0.5) is 0 Å². The van der Waals surface area contributed by atoms with Crippen molar-refractivity contribution in [2.24, 2.45) is 5.92 Å². The summed E-state index contributed by atoms with van der Waals surface area (Å²) in [5.41, 5.74) is 1.21. The van der Waals surface area contributed by atoms with Gasteiger partial charge in [0.15, 0.2) is 6.33 Å². The molecule has 0 aliphatic carbocycles. The number of tetrazole rings is 1. The number of fused-ring (bicyclic) bond motifs is 1. The number of halogens is 1. The van der Waals surface area contributed by atoms with Crippen LogP contribution < -0.4 is 5.32 Å². The maximum Gasteiger partial charge on any atom is 0.162 e. The highest BCUT2D eigenvalue weighted by molar-refractivity contribution is 6.31. The molecule has 3 aromatic rings. The fourth-order valence-electron chi connectivity index (χ4n) is 3.46. The maximum atomic E-state index is 6.08. The first-order valence-corrected chi connectivity index (χ1v) is 8.31. The van der Waals surface area contributed by atoms with Crippen molar-refractivity contribution in [1.82, 2.24) is 25.5 Å². The Labute approximate surface area is 139 Å². The van der Waals surface area contributed by atoms with Gasteiger partial charge in [-0.2, -0.15) is 4.80 Å². The second kappa shape index (κ2) is 6.26. The van der Waals surface area contributed by atoms with Crippen LogP contribution in [0, 0.1) is 5.92 Å². The van der Waals surface area contributed by atoms with E-state index in [1.165, 1.54) is 23.7 Å². The molecule has 2 heterocycles. The lowest BCUT2D eigenvalue weighted by Gasteiger charge is -2.30. The van der Waals surface area contributed by atoms with E-state index in [1.807, 2.05) is 12.1 Å². The highest BCUT2D eigenvalue weighted by Crippen LogP contribution is 2.32. The first-order valence-electron chi connectivity index (χ1n) is 7.94. The summed E-state index contributed by atoms with van der Waals surface area (Å²) in [6, 6.07) is 12.6. The Bertz CT molecular complexity index is 796. The van der Waals surface area contributed by atoms with Gasteiger partial charge in [0.2, 0.25) is 0 Å². The van der Waals surface area contributed by atoms with Crippen molar-refractivity contribution >= 4 is 22.4 Å². The summed E-state index contributed by atoms with van der Waals surface area (Å²) in [6.07, 6.45) is 3.85. The van der Waals surface area contributed by atoms with Crippen molar-refractivity contribution in [2.45, 2.75) is 18.9 Å². The number of rotatable bonds is 3. The van der Waals surface area contributed by atoms with Crippen LogP contribution in [0.3, 0.4) is 0 Å². The number of nitrogens with one attached hydrogen (secondary N) is 1. The molecule has 0 saturated carbocycles. The molecule has 0 radical (unpaired) electrons. The van der Waals surface area contributed by atoms with Crippen molar-refractivity contribution in [3.63, 3.8) is 0 Å². The van der Waals surface area contributed by atoms with Crippen LogP contribution in [-0.2, 0) is 0 Å². The molecule has 1 aliphatic heterocycles. The van der Waals surface area contributed by atoms with Gasteiger partial charge in [-0.3, -0.25) is 0 Å². The van der Waals surface area contributed by atoms with Gasteiger partial charge in [-0.15, -0.1) is 10.2 Å². The third-order valence-corrected chi connectivity index (χ3v) is 4.80. The van der Waals surface area contributed by atoms with E-state index >= 15 is 0 Å². The summed E-state index contributed by atoms with van der Waals surface area (Å²) in [5.74, 6) is 0.461. The van der Waals surface area contributed by atoms with Crippen LogP contribution in [0.1, 0.15) is 24.4 Å². The second-order valence-corrected chi connectivity index (χ2v) is 6.49. The molecule has 0 spiro atoms. The van der Waals surface area contributed by atoms with Gasteiger partial charge in [0, 0.05) is 11.6 Å². The molecule has 1 aliphatic rings. The average Bonchev–Trinajstić information content (AvgIpc) is 3.10. The molecular formula is C17H18ClN5. The first-order chi connectivity index (χ1) is 11.3. The molecule has 4 rings (SSSR count). The highest BCUT2D eigenvalue weighted by atomic mass is 35.5. The van der Waals surface area contributed by atoms with E-state index in [0.717, 1.165) is 29.9 Å². The Morgan fingerprint density at radius 2 is 2.04 bits per heavy atom. The molecule has 5 nitrogen and oxygen atoms in total. The lowest BCUT2D eigenvalue weighted by atomic mass is 9.87. The van der Waals surface area contributed by atoms with Crippen molar-refractivity contribution in [1.29, 1.82) is 0 Å². The van der Waals surface area contributed by atoms with E-state index in [1.54, 1.807) is 4.80 Å². The van der Waals surface area contributed by atoms with E-state index in [9.17, 15) is 0 Å². The van der Waals surface area contributed by atoms with Gasteiger partial charge in [-0.25, -0.2) is 0 Å². The van der Waals surface area contributed by atoms with Gasteiger partial charge in [0.1, 0.15) is 6.04 Å². The Morgan fingerprint density at radius 3 is 2.83 bits per heavy atom. The number of hydrogen-bond donors (Lipinski definition) is 1. The van der Waals surface area contributed by atoms with Crippen LogP contribution in [0.5, 0.6) is 0 Å². The van der Waals surface area contributed by atoms with Gasteiger partial charge in [-0.05, 0) is 65.1 Å². The zero-order chi connectivity index (χ0) is 15.6. The third-order valence-electron chi connectivity index (χ3n) is 4.56. The molecule has 1 unspecified atom stereocenters. The van der Waals surface area contributed by atoms with E-state index in [-0.39, 0.29) is 6.04 Å². The predicted octanol–water partition coefficient (Wildman–Crippen LogP) is 3.07. The van der Waals surface area contributed by atoms with Crippen LogP contribution in [-0.4, -0.2) is 33.3 Å². The molecular weight excluding hydrogens is 310 g/mol. The number of aromatic nitrogens is 4. The van der Waals surface area contributed by atoms with Crippen molar-refractivity contribution in [3.8, 4) is 0 Å². The van der Waals surface area contributed by atoms with Crippen molar-refractivity contribution in [2.75, 3.05) is 13.1 Å². The Morgan fingerprint density at radius 1 is 1.17 bits per heavy atom. The largest absolute Gasteiger partial charge is 0.316 e. The Kier molecular flexibility index (Phi) is 3.97. The van der Waals surface area contributed by atoms with E-state index < -0.39 is 0 Å². The Hall–Kier alpha value is -1.98. The fraction of sp³-hybridized carbons (Fsp3) is 0.353. The monoisotopic (exact) mass is 327 g/mol. The third kappa shape index (κ3) is 2.94. The molecule has 2 aromatic carbocycles. The van der Waals surface area contributed by atoms with E-state index in [4.69, 9.17) is 11.6 Å². The SMILES string of the molecule is Clc1ccc2cc(C([C@H]3CCCNC3)n3ncnn3)ccc2c1. The fourth-order valence-corrected chi connectivity index (χ4v) is 3.64. The molecule has 118 valence electrons. The lowest BCUT2D eigenvalue weighted by Crippen LogP contribution is -2.36. The number of benzene rings is 2. The summed E-state index contributed by atoms with van der Waals surface area (Å²) >= 11 is 6.08. The van der Waals surface area contributed by atoms with Gasteiger partial charge < -0.3 is 5.32 Å². The first kappa shape index (κ1) is 14.6. The highest BCUT2D eigenvalue weighted by Gasteiger charge is 2.28. The standard InChI is InChI=1S/C17H18ClN5/c18-16-6-5-12-8-14(4-3-13(12)9-16)17(23-21-11-20-22-23)15-2-1-7-19-10-15/h3-6,8-9,11,15,17,19H,1-2,7,10H2/t15-,17?/m0/s1. The number of nitrogens with zero attached hydrogens (tertiary/aromatic N) is 4. The summed E-state index contributed by atoms with van der Waals surface area (Å²) in [5, 5.41) is 19.0. The smallest absolute Gasteiger partial charge is 0.162 e. The normalized spacial score (nSPS) is 19.8. The minimum atomic E-state index is 0.102. The predicted molar refractivity (Wildman–Crippen MR) is 90.5 cm³/mol. The van der Waals surface area contributed by atoms with E-state index in [0.29, 0.717) is 5.92 Å². The molecule has 1 saturated heterocycles. The minimum absolute atomic E-state index is 0.102. The average molecular weight is 328 g/mol. The van der Waals surface area contributed by atoms with Gasteiger partial charge in [0.05, 0.1) is 0 Å². The molecule has 1 fully saturated rings. The van der Waals surface area contributed by atoms with E-state index in [2.05, 4.69) is 45.0 Å². The van der Waals surface area contributed by atoms with Gasteiger partial charge in [0.25, 0.3) is 0 Å². The molecule has 1 aromatic heterocycles. The maximum absolute atomic E-state index is 6.08. The molecule has 6 heteroatoms.